The lowest BCUT2D eigenvalue weighted by molar-refractivity contribution is -0.147. The zero-order valence-corrected chi connectivity index (χ0v) is 10.1. The summed E-state index contributed by atoms with van der Waals surface area (Å²) >= 11 is 0. The van der Waals surface area contributed by atoms with Gasteiger partial charge >= 0.3 is 5.97 Å². The van der Waals surface area contributed by atoms with E-state index in [1.807, 2.05) is 0 Å². The van der Waals surface area contributed by atoms with Crippen LogP contribution in [-0.2, 0) is 9.53 Å². The van der Waals surface area contributed by atoms with Gasteiger partial charge in [0, 0.05) is 13.0 Å². The number of hydrogen-bond acceptors (Lipinski definition) is 4. The fourth-order valence-electron chi connectivity index (χ4n) is 1.25. The van der Waals surface area contributed by atoms with Crippen LogP contribution in [0.3, 0.4) is 0 Å². The fourth-order valence-corrected chi connectivity index (χ4v) is 1.25. The molecule has 17 heavy (non-hydrogen) atoms. The zero-order valence-electron chi connectivity index (χ0n) is 10.1. The predicted octanol–water partition coefficient (Wildman–Crippen LogP) is 1.74. The van der Waals surface area contributed by atoms with Crippen LogP contribution in [0.4, 0.5) is 0 Å². The number of esters is 1. The Hall–Kier alpha value is -1.78. The molecule has 0 aromatic carbocycles. The number of furan rings is 1. The zero-order chi connectivity index (χ0) is 12.7. The Morgan fingerprint density at radius 2 is 2.24 bits per heavy atom. The van der Waals surface area contributed by atoms with Gasteiger partial charge in [-0.05, 0) is 32.4 Å². The summed E-state index contributed by atoms with van der Waals surface area (Å²) in [4.78, 5) is 22.6. The molecule has 1 heterocycles. The molecular weight excluding hydrogens is 222 g/mol. The van der Waals surface area contributed by atoms with E-state index in [-0.39, 0.29) is 23.7 Å². The third-order valence-electron chi connectivity index (χ3n) is 1.96. The molecule has 94 valence electrons. The summed E-state index contributed by atoms with van der Waals surface area (Å²) in [5.74, 6) is -0.241. The Labute approximate surface area is 100 Å². The minimum absolute atomic E-state index is 0.0970. The molecule has 1 rings (SSSR count). The van der Waals surface area contributed by atoms with Crippen molar-refractivity contribution < 1.29 is 18.7 Å². The number of amides is 1. The van der Waals surface area contributed by atoms with E-state index in [2.05, 4.69) is 5.32 Å². The predicted molar refractivity (Wildman–Crippen MR) is 61.5 cm³/mol. The van der Waals surface area contributed by atoms with Crippen LogP contribution < -0.4 is 5.32 Å². The highest BCUT2D eigenvalue weighted by Crippen LogP contribution is 2.00. The first-order valence-electron chi connectivity index (χ1n) is 5.61. The molecule has 0 unspecified atom stereocenters. The van der Waals surface area contributed by atoms with E-state index in [0.29, 0.717) is 19.4 Å². The highest BCUT2D eigenvalue weighted by molar-refractivity contribution is 5.91. The maximum Gasteiger partial charge on any atom is 0.306 e. The largest absolute Gasteiger partial charge is 0.463 e. The summed E-state index contributed by atoms with van der Waals surface area (Å²) in [6.45, 7) is 4.03. The number of rotatable bonds is 6. The maximum absolute atomic E-state index is 11.4. The lowest BCUT2D eigenvalue weighted by Crippen LogP contribution is -2.24. The normalized spacial score (nSPS) is 10.3. The van der Waals surface area contributed by atoms with Gasteiger partial charge in [-0.25, -0.2) is 0 Å². The summed E-state index contributed by atoms with van der Waals surface area (Å²) in [5, 5.41) is 2.65. The highest BCUT2D eigenvalue weighted by Gasteiger charge is 2.08. The number of hydrogen-bond donors (Lipinski definition) is 1. The fraction of sp³-hybridized carbons (Fsp3) is 0.500. The second-order valence-corrected chi connectivity index (χ2v) is 3.88. The smallest absolute Gasteiger partial charge is 0.306 e. The molecule has 1 aromatic heterocycles. The number of nitrogens with one attached hydrogen (secondary N) is 1. The van der Waals surface area contributed by atoms with Crippen molar-refractivity contribution in [2.45, 2.75) is 32.8 Å². The van der Waals surface area contributed by atoms with Gasteiger partial charge in [-0.1, -0.05) is 0 Å². The van der Waals surface area contributed by atoms with Gasteiger partial charge in [-0.15, -0.1) is 0 Å². The van der Waals surface area contributed by atoms with Crippen molar-refractivity contribution in [1.29, 1.82) is 0 Å². The molecule has 1 aromatic rings. The Balaban J connectivity index is 2.12. The van der Waals surface area contributed by atoms with Crippen LogP contribution in [0.25, 0.3) is 0 Å². The van der Waals surface area contributed by atoms with Crippen LogP contribution in [0.15, 0.2) is 22.8 Å². The Morgan fingerprint density at radius 1 is 1.47 bits per heavy atom. The van der Waals surface area contributed by atoms with E-state index >= 15 is 0 Å². The van der Waals surface area contributed by atoms with Crippen molar-refractivity contribution >= 4 is 11.9 Å². The van der Waals surface area contributed by atoms with Gasteiger partial charge in [0.25, 0.3) is 5.91 Å². The molecule has 0 saturated carbocycles. The third-order valence-corrected chi connectivity index (χ3v) is 1.96. The van der Waals surface area contributed by atoms with Crippen LogP contribution in [0, 0.1) is 0 Å². The van der Waals surface area contributed by atoms with Gasteiger partial charge in [0.1, 0.15) is 0 Å². The van der Waals surface area contributed by atoms with Crippen LogP contribution in [0.1, 0.15) is 37.2 Å². The minimum atomic E-state index is -0.271. The molecule has 0 bridgehead atoms. The second-order valence-electron chi connectivity index (χ2n) is 3.88. The van der Waals surface area contributed by atoms with Gasteiger partial charge in [0.05, 0.1) is 12.4 Å². The van der Waals surface area contributed by atoms with Crippen LogP contribution in [0.2, 0.25) is 0 Å². The number of carbonyl (C=O) groups excluding carboxylic acids is 2. The average Bonchev–Trinajstić information content (AvgIpc) is 2.76. The molecule has 0 saturated heterocycles. The first-order chi connectivity index (χ1) is 8.09. The summed E-state index contributed by atoms with van der Waals surface area (Å²) in [6, 6.07) is 3.23. The van der Waals surface area contributed by atoms with Crippen LogP contribution in [-0.4, -0.2) is 24.5 Å². The van der Waals surface area contributed by atoms with E-state index < -0.39 is 0 Å². The molecule has 1 N–H and O–H groups in total. The molecule has 0 aliphatic heterocycles. The van der Waals surface area contributed by atoms with Gasteiger partial charge in [-0.2, -0.15) is 0 Å². The standard InChI is InChI=1S/C12H17NO4/c1-9(2)17-11(14)6-3-7-13-12(15)10-5-4-8-16-10/h4-5,8-9H,3,6-7H2,1-2H3,(H,13,15). The Kier molecular flexibility index (Phi) is 5.26. The van der Waals surface area contributed by atoms with E-state index in [1.54, 1.807) is 26.0 Å². The van der Waals surface area contributed by atoms with Gasteiger partial charge in [0.15, 0.2) is 5.76 Å². The summed E-state index contributed by atoms with van der Waals surface area (Å²) < 4.78 is 9.88. The molecule has 0 atom stereocenters. The van der Waals surface area contributed by atoms with E-state index in [0.717, 1.165) is 0 Å². The van der Waals surface area contributed by atoms with Crippen molar-refractivity contribution in [3.63, 3.8) is 0 Å². The maximum atomic E-state index is 11.4. The average molecular weight is 239 g/mol. The topological polar surface area (TPSA) is 68.5 Å². The third kappa shape index (κ3) is 5.19. The first kappa shape index (κ1) is 13.3. The Bertz CT molecular complexity index is 357. The highest BCUT2D eigenvalue weighted by atomic mass is 16.5. The Morgan fingerprint density at radius 3 is 2.82 bits per heavy atom. The molecule has 1 amide bonds. The van der Waals surface area contributed by atoms with E-state index in [9.17, 15) is 9.59 Å². The van der Waals surface area contributed by atoms with Crippen molar-refractivity contribution in [3.8, 4) is 0 Å². The minimum Gasteiger partial charge on any atom is -0.463 e. The molecule has 0 aliphatic rings. The number of ether oxygens (including phenoxy) is 1. The van der Waals surface area contributed by atoms with Crippen molar-refractivity contribution in [3.05, 3.63) is 24.2 Å². The molecule has 5 heteroatoms. The summed E-state index contributed by atoms with van der Waals surface area (Å²) in [7, 11) is 0. The first-order valence-corrected chi connectivity index (χ1v) is 5.61. The van der Waals surface area contributed by atoms with E-state index in [1.165, 1.54) is 6.26 Å². The summed E-state index contributed by atoms with van der Waals surface area (Å²) in [5.41, 5.74) is 0. The second kappa shape index (κ2) is 6.73. The van der Waals surface area contributed by atoms with Gasteiger partial charge < -0.3 is 14.5 Å². The lowest BCUT2D eigenvalue weighted by atomic mass is 10.3. The lowest BCUT2D eigenvalue weighted by Gasteiger charge is -2.07. The van der Waals surface area contributed by atoms with Crippen molar-refractivity contribution in [1.82, 2.24) is 5.32 Å². The molecule has 5 nitrogen and oxygen atoms in total. The van der Waals surface area contributed by atoms with Crippen LogP contribution >= 0.6 is 0 Å². The van der Waals surface area contributed by atoms with E-state index in [4.69, 9.17) is 9.15 Å². The molecule has 0 fully saturated rings. The quantitative estimate of drug-likeness (QED) is 0.606. The van der Waals surface area contributed by atoms with Crippen molar-refractivity contribution in [2.75, 3.05) is 6.54 Å². The van der Waals surface area contributed by atoms with Gasteiger partial charge in [0.2, 0.25) is 0 Å². The number of carbonyl (C=O) groups is 2. The van der Waals surface area contributed by atoms with Gasteiger partial charge in [-0.3, -0.25) is 9.59 Å². The molecule has 0 aliphatic carbocycles. The summed E-state index contributed by atoms with van der Waals surface area (Å²) in [6.07, 6.45) is 2.20. The van der Waals surface area contributed by atoms with Crippen LogP contribution in [0.5, 0.6) is 0 Å². The van der Waals surface area contributed by atoms with Crippen molar-refractivity contribution in [2.24, 2.45) is 0 Å². The molecular formula is C12H17NO4. The monoisotopic (exact) mass is 239 g/mol. The molecule has 0 radical (unpaired) electrons. The molecule has 0 spiro atoms. The SMILES string of the molecule is CC(C)OC(=O)CCCNC(=O)c1ccco1.